The van der Waals surface area contributed by atoms with Crippen molar-refractivity contribution in [3.8, 4) is 5.75 Å². The van der Waals surface area contributed by atoms with Crippen molar-refractivity contribution in [2.45, 2.75) is 17.7 Å². The van der Waals surface area contributed by atoms with E-state index in [4.69, 9.17) is 32.7 Å². The molecule has 1 amide bonds. The molecular weight excluding hydrogens is 379 g/mol. The Morgan fingerprint density at radius 2 is 1.77 bits per heavy atom. The van der Waals surface area contributed by atoms with E-state index in [-0.39, 0.29) is 12.5 Å². The van der Waals surface area contributed by atoms with Crippen LogP contribution >= 0.6 is 23.2 Å². The van der Waals surface area contributed by atoms with Gasteiger partial charge < -0.3 is 19.3 Å². The fraction of sp³-hybridized carbons (Fsp3) is 0.556. The summed E-state index contributed by atoms with van der Waals surface area (Å²) >= 11 is 11.9. The first-order valence-corrected chi connectivity index (χ1v) is 9.25. The molecule has 6 nitrogen and oxygen atoms in total. The summed E-state index contributed by atoms with van der Waals surface area (Å²) in [5, 5.41) is 0. The average molecular weight is 401 g/mol. The lowest BCUT2D eigenvalue weighted by atomic mass is 10.1. The summed E-state index contributed by atoms with van der Waals surface area (Å²) in [6.07, 6.45) is 0.341. The predicted molar refractivity (Wildman–Crippen MR) is 99.9 cm³/mol. The number of hydrogen-bond acceptors (Lipinski definition) is 5. The highest BCUT2D eigenvalue weighted by atomic mass is 35.5. The van der Waals surface area contributed by atoms with Crippen LogP contribution in [-0.2, 0) is 14.3 Å². The molecule has 1 aromatic rings. The predicted octanol–water partition coefficient (Wildman–Crippen LogP) is 2.47. The zero-order valence-corrected chi connectivity index (χ0v) is 16.3. The van der Waals surface area contributed by atoms with Gasteiger partial charge in [-0.15, -0.1) is 23.2 Å². The molecule has 1 saturated heterocycles. The van der Waals surface area contributed by atoms with Gasteiger partial charge in [0.25, 0.3) is 5.91 Å². The molecule has 1 heterocycles. The van der Waals surface area contributed by atoms with Crippen LogP contribution in [0.15, 0.2) is 24.3 Å². The Kier molecular flexibility index (Phi) is 5.26. The Balaban J connectivity index is 1.49. The van der Waals surface area contributed by atoms with Crippen molar-refractivity contribution < 1.29 is 19.1 Å². The van der Waals surface area contributed by atoms with Crippen molar-refractivity contribution in [2.75, 3.05) is 44.8 Å². The van der Waals surface area contributed by atoms with E-state index < -0.39 is 15.7 Å². The maximum Gasteiger partial charge on any atom is 0.315 e. The SMILES string of the molecule is COc1ccccc1N1CCN(C(=O)COC(=O)[C@@]2(C)CC2(Cl)Cl)CC1. The van der Waals surface area contributed by atoms with Crippen molar-refractivity contribution in [1.82, 2.24) is 4.90 Å². The number of amides is 1. The number of methoxy groups -OCH3 is 1. The first-order valence-electron chi connectivity index (χ1n) is 8.49. The Hall–Kier alpha value is -1.66. The van der Waals surface area contributed by atoms with Crippen LogP contribution < -0.4 is 9.64 Å². The van der Waals surface area contributed by atoms with Gasteiger partial charge >= 0.3 is 5.97 Å². The Morgan fingerprint density at radius 1 is 1.15 bits per heavy atom. The van der Waals surface area contributed by atoms with Gasteiger partial charge in [-0.3, -0.25) is 9.59 Å². The van der Waals surface area contributed by atoms with E-state index in [1.807, 2.05) is 24.3 Å². The summed E-state index contributed by atoms with van der Waals surface area (Å²) in [5.74, 6) is 0.0741. The number of carbonyl (C=O) groups excluding carboxylic acids is 2. The van der Waals surface area contributed by atoms with Crippen LogP contribution in [0.1, 0.15) is 13.3 Å². The minimum absolute atomic E-state index is 0.211. The van der Waals surface area contributed by atoms with E-state index in [0.717, 1.165) is 11.4 Å². The van der Waals surface area contributed by atoms with Crippen LogP contribution in [0, 0.1) is 5.41 Å². The number of hydrogen-bond donors (Lipinski definition) is 0. The third-order valence-electron chi connectivity index (χ3n) is 5.09. The van der Waals surface area contributed by atoms with Gasteiger partial charge in [0.1, 0.15) is 15.5 Å². The van der Waals surface area contributed by atoms with Crippen LogP contribution in [0.3, 0.4) is 0 Å². The maximum atomic E-state index is 12.3. The molecule has 0 radical (unpaired) electrons. The van der Waals surface area contributed by atoms with Gasteiger partial charge in [-0.1, -0.05) is 12.1 Å². The third-order valence-corrected chi connectivity index (χ3v) is 6.19. The first kappa shape index (κ1) is 19.1. The van der Waals surface area contributed by atoms with Crippen LogP contribution in [0.25, 0.3) is 0 Å². The van der Waals surface area contributed by atoms with Gasteiger partial charge in [0.05, 0.1) is 12.8 Å². The molecule has 1 saturated carbocycles. The molecule has 142 valence electrons. The number of carbonyl (C=O) groups is 2. The van der Waals surface area contributed by atoms with Crippen molar-refractivity contribution in [3.63, 3.8) is 0 Å². The minimum Gasteiger partial charge on any atom is -0.495 e. The lowest BCUT2D eigenvalue weighted by Gasteiger charge is -2.36. The van der Waals surface area contributed by atoms with Gasteiger partial charge in [-0.25, -0.2) is 0 Å². The molecule has 0 spiro atoms. The standard InChI is InChI=1S/C18H22Cl2N2O4/c1-17(12-18(17,19)20)16(24)26-11-15(23)22-9-7-21(8-10-22)13-5-3-4-6-14(13)25-2/h3-6H,7-12H2,1-2H3/t17-/m1/s1. The quantitative estimate of drug-likeness (QED) is 0.561. The largest absolute Gasteiger partial charge is 0.495 e. The van der Waals surface area contributed by atoms with Gasteiger partial charge in [0.15, 0.2) is 6.61 Å². The second kappa shape index (κ2) is 7.16. The summed E-state index contributed by atoms with van der Waals surface area (Å²) in [6, 6.07) is 7.80. The first-order chi connectivity index (χ1) is 12.3. The molecule has 2 fully saturated rings. The summed E-state index contributed by atoms with van der Waals surface area (Å²) in [7, 11) is 1.64. The minimum atomic E-state index is -1.09. The molecule has 26 heavy (non-hydrogen) atoms. The van der Waals surface area contributed by atoms with Crippen LogP contribution in [0.5, 0.6) is 5.75 Å². The molecule has 1 aliphatic carbocycles. The monoisotopic (exact) mass is 400 g/mol. The van der Waals surface area contributed by atoms with Crippen LogP contribution in [0.2, 0.25) is 0 Å². The topological polar surface area (TPSA) is 59.1 Å². The summed E-state index contributed by atoms with van der Waals surface area (Å²) in [6.45, 7) is 3.84. The lowest BCUT2D eigenvalue weighted by molar-refractivity contribution is -0.156. The molecular formula is C18H22Cl2N2O4. The van der Waals surface area contributed by atoms with Crippen molar-refractivity contribution in [1.29, 1.82) is 0 Å². The fourth-order valence-electron chi connectivity index (χ4n) is 3.09. The van der Waals surface area contributed by atoms with Gasteiger partial charge in [0.2, 0.25) is 0 Å². The van der Waals surface area contributed by atoms with E-state index >= 15 is 0 Å². The highest BCUT2D eigenvalue weighted by Gasteiger charge is 2.69. The second-order valence-corrected chi connectivity index (χ2v) is 8.31. The van der Waals surface area contributed by atoms with E-state index in [9.17, 15) is 9.59 Å². The summed E-state index contributed by atoms with van der Waals surface area (Å²) < 4.78 is 9.44. The third kappa shape index (κ3) is 3.58. The Bertz CT molecular complexity index is 704. The van der Waals surface area contributed by atoms with Crippen molar-refractivity contribution in [2.24, 2.45) is 5.41 Å². The average Bonchev–Trinajstić information content (AvgIpc) is 3.18. The number of esters is 1. The summed E-state index contributed by atoms with van der Waals surface area (Å²) in [5.41, 5.74) is 0.0922. The number of alkyl halides is 2. The smallest absolute Gasteiger partial charge is 0.315 e. The number of benzene rings is 1. The number of halogens is 2. The number of rotatable bonds is 5. The van der Waals surface area contributed by atoms with Crippen LogP contribution in [0.4, 0.5) is 5.69 Å². The van der Waals surface area contributed by atoms with Gasteiger partial charge in [0, 0.05) is 32.6 Å². The summed E-state index contributed by atoms with van der Waals surface area (Å²) in [4.78, 5) is 28.2. The normalized spacial score (nSPS) is 24.2. The second-order valence-electron chi connectivity index (χ2n) is 6.83. The van der Waals surface area contributed by atoms with Gasteiger partial charge in [-0.2, -0.15) is 0 Å². The maximum absolute atomic E-state index is 12.3. The highest BCUT2D eigenvalue weighted by Crippen LogP contribution is 2.64. The zero-order valence-electron chi connectivity index (χ0n) is 14.8. The Labute approximate surface area is 162 Å². The van der Waals surface area contributed by atoms with Gasteiger partial charge in [-0.05, 0) is 19.1 Å². The molecule has 0 aromatic heterocycles. The molecule has 0 bridgehead atoms. The molecule has 3 rings (SSSR count). The number of para-hydroxylation sites is 2. The molecule has 1 atom stereocenters. The number of ether oxygens (including phenoxy) is 2. The van der Waals surface area contributed by atoms with E-state index in [1.165, 1.54) is 0 Å². The number of nitrogens with zero attached hydrogens (tertiary/aromatic N) is 2. The number of piperazine rings is 1. The van der Waals surface area contributed by atoms with E-state index in [0.29, 0.717) is 32.6 Å². The number of anilines is 1. The molecule has 2 aliphatic rings. The van der Waals surface area contributed by atoms with E-state index in [1.54, 1.807) is 18.9 Å². The van der Waals surface area contributed by atoms with E-state index in [2.05, 4.69) is 4.90 Å². The Morgan fingerprint density at radius 3 is 2.35 bits per heavy atom. The molecule has 0 N–H and O–H groups in total. The molecule has 1 aliphatic heterocycles. The van der Waals surface area contributed by atoms with Crippen molar-refractivity contribution in [3.05, 3.63) is 24.3 Å². The molecule has 0 unspecified atom stereocenters. The fourth-order valence-corrected chi connectivity index (χ4v) is 3.78. The zero-order chi connectivity index (χ0) is 18.9. The molecule has 8 heteroatoms. The highest BCUT2D eigenvalue weighted by molar-refractivity contribution is 6.53. The van der Waals surface area contributed by atoms with Crippen molar-refractivity contribution >= 4 is 40.8 Å². The van der Waals surface area contributed by atoms with Crippen LogP contribution in [-0.4, -0.2) is 61.0 Å². The molecule has 1 aromatic carbocycles. The lowest BCUT2D eigenvalue weighted by Crippen LogP contribution is -2.50.